The van der Waals surface area contributed by atoms with Gasteiger partial charge in [-0.1, -0.05) is 13.3 Å². The zero-order valence-corrected chi connectivity index (χ0v) is 9.58. The molecule has 0 fully saturated rings. The number of fused-ring (bicyclic) bond motifs is 2. The van der Waals surface area contributed by atoms with Crippen LogP contribution in [0.3, 0.4) is 0 Å². The number of benzene rings is 1. The summed E-state index contributed by atoms with van der Waals surface area (Å²) in [5.41, 5.74) is 2.58. The fraction of sp³-hybridized carbons (Fsp3) is 0.538. The van der Waals surface area contributed by atoms with Crippen LogP contribution in [0.2, 0.25) is 0 Å². The first-order valence-corrected chi connectivity index (χ1v) is 6.03. The Morgan fingerprint density at radius 1 is 1.25 bits per heavy atom. The summed E-state index contributed by atoms with van der Waals surface area (Å²) in [4.78, 5) is 0. The van der Waals surface area contributed by atoms with Crippen LogP contribution in [-0.2, 0) is 6.42 Å². The molecule has 1 aromatic rings. The number of hydrogen-bond donors (Lipinski definition) is 1. The molecule has 2 aliphatic rings. The second kappa shape index (κ2) is 3.89. The van der Waals surface area contributed by atoms with E-state index in [0.717, 1.165) is 30.4 Å². The van der Waals surface area contributed by atoms with Crippen molar-refractivity contribution in [2.24, 2.45) is 5.92 Å². The van der Waals surface area contributed by atoms with E-state index in [-0.39, 0.29) is 0 Å². The molecule has 0 bridgehead atoms. The lowest BCUT2D eigenvalue weighted by molar-refractivity contribution is 0.171. The minimum atomic E-state index is 0.656. The van der Waals surface area contributed by atoms with E-state index >= 15 is 0 Å². The second-order valence-electron chi connectivity index (χ2n) is 4.51. The Morgan fingerprint density at radius 3 is 2.75 bits per heavy atom. The molecule has 0 saturated carbocycles. The average molecular weight is 219 g/mol. The predicted molar refractivity (Wildman–Crippen MR) is 63.4 cm³/mol. The molecular formula is C13H17NO2. The first-order chi connectivity index (χ1) is 7.86. The van der Waals surface area contributed by atoms with E-state index in [2.05, 4.69) is 24.4 Å². The van der Waals surface area contributed by atoms with Crippen LogP contribution in [0.15, 0.2) is 12.1 Å². The van der Waals surface area contributed by atoms with Gasteiger partial charge in [0.25, 0.3) is 0 Å². The first kappa shape index (κ1) is 9.82. The lowest BCUT2D eigenvalue weighted by atomic mass is 9.92. The monoisotopic (exact) mass is 219 g/mol. The van der Waals surface area contributed by atoms with Gasteiger partial charge in [-0.15, -0.1) is 0 Å². The third-order valence-corrected chi connectivity index (χ3v) is 3.44. The summed E-state index contributed by atoms with van der Waals surface area (Å²) in [6.45, 7) is 4.64. The molecule has 0 radical (unpaired) electrons. The van der Waals surface area contributed by atoms with Crippen molar-refractivity contribution >= 4 is 5.69 Å². The van der Waals surface area contributed by atoms with Gasteiger partial charge in [-0.05, 0) is 24.0 Å². The van der Waals surface area contributed by atoms with E-state index < -0.39 is 0 Å². The number of rotatable bonds is 1. The minimum Gasteiger partial charge on any atom is -0.486 e. The Labute approximate surface area is 95.8 Å². The quantitative estimate of drug-likeness (QED) is 0.787. The van der Waals surface area contributed by atoms with Crippen LogP contribution in [0.4, 0.5) is 5.69 Å². The third-order valence-electron chi connectivity index (χ3n) is 3.44. The molecular weight excluding hydrogens is 202 g/mol. The topological polar surface area (TPSA) is 30.5 Å². The van der Waals surface area contributed by atoms with Gasteiger partial charge in [0.05, 0.1) is 0 Å². The summed E-state index contributed by atoms with van der Waals surface area (Å²) in [5, 5.41) is 3.48. The summed E-state index contributed by atoms with van der Waals surface area (Å²) in [5.74, 6) is 2.53. The normalized spacial score (nSPS) is 22.2. The predicted octanol–water partition coefficient (Wildman–Crippen LogP) is 2.45. The number of ether oxygens (including phenoxy) is 2. The maximum atomic E-state index is 5.61. The molecule has 0 aromatic heterocycles. The van der Waals surface area contributed by atoms with Crippen molar-refractivity contribution < 1.29 is 9.47 Å². The van der Waals surface area contributed by atoms with E-state index in [4.69, 9.17) is 9.47 Å². The molecule has 3 rings (SSSR count). The highest BCUT2D eigenvalue weighted by Crippen LogP contribution is 2.38. The van der Waals surface area contributed by atoms with Crippen molar-refractivity contribution in [2.45, 2.75) is 19.8 Å². The van der Waals surface area contributed by atoms with Crippen LogP contribution in [0.1, 0.15) is 18.9 Å². The molecule has 1 unspecified atom stereocenters. The zero-order valence-electron chi connectivity index (χ0n) is 9.58. The van der Waals surface area contributed by atoms with Gasteiger partial charge >= 0.3 is 0 Å². The SMILES string of the molecule is CCC1CNc2cc3c(cc2C1)OCCO3. The van der Waals surface area contributed by atoms with Crippen LogP contribution < -0.4 is 14.8 Å². The molecule has 3 heteroatoms. The molecule has 3 nitrogen and oxygen atoms in total. The first-order valence-electron chi connectivity index (χ1n) is 6.03. The van der Waals surface area contributed by atoms with Crippen LogP contribution in [0.25, 0.3) is 0 Å². The van der Waals surface area contributed by atoms with Gasteiger partial charge in [0.1, 0.15) is 13.2 Å². The summed E-state index contributed by atoms with van der Waals surface area (Å²) in [6.07, 6.45) is 2.37. The van der Waals surface area contributed by atoms with Gasteiger partial charge in [-0.3, -0.25) is 0 Å². The highest BCUT2D eigenvalue weighted by Gasteiger charge is 2.21. The lowest BCUT2D eigenvalue weighted by Crippen LogP contribution is -2.23. The van der Waals surface area contributed by atoms with Crippen LogP contribution in [-0.4, -0.2) is 19.8 Å². The minimum absolute atomic E-state index is 0.656. The van der Waals surface area contributed by atoms with Crippen LogP contribution in [0, 0.1) is 5.92 Å². The molecule has 0 amide bonds. The second-order valence-corrected chi connectivity index (χ2v) is 4.51. The third kappa shape index (κ3) is 1.60. The number of anilines is 1. The Morgan fingerprint density at radius 2 is 2.00 bits per heavy atom. The van der Waals surface area contributed by atoms with Gasteiger partial charge < -0.3 is 14.8 Å². The Balaban J connectivity index is 1.95. The molecule has 1 N–H and O–H groups in total. The van der Waals surface area contributed by atoms with Crippen LogP contribution >= 0.6 is 0 Å². The molecule has 16 heavy (non-hydrogen) atoms. The summed E-state index contributed by atoms with van der Waals surface area (Å²) < 4.78 is 11.2. The largest absolute Gasteiger partial charge is 0.486 e. The van der Waals surface area contributed by atoms with E-state index in [9.17, 15) is 0 Å². The van der Waals surface area contributed by atoms with Gasteiger partial charge in [0, 0.05) is 18.3 Å². The lowest BCUT2D eigenvalue weighted by Gasteiger charge is -2.28. The standard InChI is InChI=1S/C13H17NO2/c1-2-9-5-10-6-12-13(16-4-3-15-12)7-11(10)14-8-9/h6-7,9,14H,2-5,8H2,1H3. The van der Waals surface area contributed by atoms with Gasteiger partial charge in [-0.2, -0.15) is 0 Å². The van der Waals surface area contributed by atoms with E-state index in [0.29, 0.717) is 13.2 Å². The van der Waals surface area contributed by atoms with Gasteiger partial charge in [-0.25, -0.2) is 0 Å². The van der Waals surface area contributed by atoms with Crippen molar-refractivity contribution in [3.8, 4) is 11.5 Å². The van der Waals surface area contributed by atoms with Crippen molar-refractivity contribution in [3.63, 3.8) is 0 Å². The van der Waals surface area contributed by atoms with Gasteiger partial charge in [0.15, 0.2) is 11.5 Å². The summed E-state index contributed by atoms with van der Waals surface area (Å²) in [7, 11) is 0. The van der Waals surface area contributed by atoms with E-state index in [1.165, 1.54) is 17.7 Å². The maximum Gasteiger partial charge on any atom is 0.163 e. The van der Waals surface area contributed by atoms with Crippen LogP contribution in [0.5, 0.6) is 11.5 Å². The van der Waals surface area contributed by atoms with Crippen molar-refractivity contribution in [1.82, 2.24) is 0 Å². The fourth-order valence-electron chi connectivity index (χ4n) is 2.39. The Bertz CT molecular complexity index is 403. The zero-order chi connectivity index (χ0) is 11.0. The average Bonchev–Trinajstić information content (AvgIpc) is 2.35. The highest BCUT2D eigenvalue weighted by atomic mass is 16.6. The summed E-state index contributed by atoms with van der Waals surface area (Å²) in [6, 6.07) is 4.22. The highest BCUT2D eigenvalue weighted by molar-refractivity contribution is 5.62. The smallest absolute Gasteiger partial charge is 0.163 e. The molecule has 0 spiro atoms. The molecule has 0 aliphatic carbocycles. The Kier molecular flexibility index (Phi) is 2.39. The number of hydrogen-bond acceptors (Lipinski definition) is 3. The van der Waals surface area contributed by atoms with E-state index in [1.807, 2.05) is 0 Å². The Hall–Kier alpha value is -1.38. The molecule has 2 aliphatic heterocycles. The maximum absolute atomic E-state index is 5.61. The fourth-order valence-corrected chi connectivity index (χ4v) is 2.39. The van der Waals surface area contributed by atoms with Gasteiger partial charge in [0.2, 0.25) is 0 Å². The molecule has 2 heterocycles. The van der Waals surface area contributed by atoms with Crippen molar-refractivity contribution in [1.29, 1.82) is 0 Å². The molecule has 1 aromatic carbocycles. The summed E-state index contributed by atoms with van der Waals surface area (Å²) >= 11 is 0. The molecule has 86 valence electrons. The molecule has 1 atom stereocenters. The molecule has 0 saturated heterocycles. The number of nitrogens with one attached hydrogen (secondary N) is 1. The van der Waals surface area contributed by atoms with Crippen molar-refractivity contribution in [2.75, 3.05) is 25.1 Å². The van der Waals surface area contributed by atoms with E-state index in [1.54, 1.807) is 0 Å². The van der Waals surface area contributed by atoms with Crippen molar-refractivity contribution in [3.05, 3.63) is 17.7 Å².